The first-order chi connectivity index (χ1) is 9.16. The van der Waals surface area contributed by atoms with Crippen molar-refractivity contribution in [2.45, 2.75) is 19.3 Å². The molecule has 1 heterocycles. The molecule has 3 fully saturated rings. The summed E-state index contributed by atoms with van der Waals surface area (Å²) in [5, 5.41) is 0. The third-order valence-electron chi connectivity index (χ3n) is 5.08. The molecule has 2 amide bonds. The van der Waals surface area contributed by atoms with Gasteiger partial charge in [-0.25, -0.2) is 0 Å². The summed E-state index contributed by atoms with van der Waals surface area (Å²) in [6.07, 6.45) is 3.29. The predicted molar refractivity (Wildman–Crippen MR) is 71.2 cm³/mol. The summed E-state index contributed by atoms with van der Waals surface area (Å²) in [7, 11) is 0. The van der Waals surface area contributed by atoms with Gasteiger partial charge >= 0.3 is 0 Å². The monoisotopic (exact) mass is 256 g/mol. The van der Waals surface area contributed by atoms with Crippen molar-refractivity contribution in [1.82, 2.24) is 0 Å². The van der Waals surface area contributed by atoms with E-state index in [-0.39, 0.29) is 23.7 Å². The van der Waals surface area contributed by atoms with Crippen LogP contribution >= 0.6 is 0 Å². The average molecular weight is 256 g/mol. The maximum absolute atomic E-state index is 12.5. The van der Waals surface area contributed by atoms with Gasteiger partial charge in [0.15, 0.2) is 0 Å². The van der Waals surface area contributed by atoms with Gasteiger partial charge in [0.1, 0.15) is 0 Å². The van der Waals surface area contributed by atoms with Crippen molar-refractivity contribution in [1.29, 1.82) is 0 Å². The molecule has 2 aliphatic carbocycles. The minimum Gasteiger partial charge on any atom is -0.399 e. The van der Waals surface area contributed by atoms with Crippen molar-refractivity contribution >= 4 is 23.2 Å². The predicted octanol–water partition coefficient (Wildman–Crippen LogP) is 1.80. The van der Waals surface area contributed by atoms with Crippen molar-refractivity contribution < 1.29 is 9.59 Å². The third kappa shape index (κ3) is 1.34. The number of rotatable bonds is 1. The van der Waals surface area contributed by atoms with Crippen LogP contribution in [0.15, 0.2) is 24.3 Å². The summed E-state index contributed by atoms with van der Waals surface area (Å²) < 4.78 is 0. The van der Waals surface area contributed by atoms with Crippen LogP contribution in [-0.4, -0.2) is 11.8 Å². The number of anilines is 2. The SMILES string of the molecule is Nc1ccc(N2C(=O)C3C4CCC(C4)C3C2=O)cc1. The number of nitrogens with zero attached hydrogens (tertiary/aromatic N) is 1. The second-order valence-corrected chi connectivity index (χ2v) is 5.99. The standard InChI is InChI=1S/C15H16N2O2/c16-10-3-5-11(6-4-10)17-14(18)12-8-1-2-9(7-8)13(12)15(17)19/h3-6,8-9,12-13H,1-2,7,16H2. The maximum atomic E-state index is 12.5. The Labute approximate surface area is 111 Å². The molecule has 0 spiro atoms. The van der Waals surface area contributed by atoms with Gasteiger partial charge in [-0.3, -0.25) is 14.5 Å². The molecule has 0 radical (unpaired) electrons. The molecule has 2 N–H and O–H groups in total. The van der Waals surface area contributed by atoms with Crippen molar-refractivity contribution in [2.24, 2.45) is 23.7 Å². The number of amides is 2. The first kappa shape index (κ1) is 11.0. The Morgan fingerprint density at radius 3 is 2.00 bits per heavy atom. The van der Waals surface area contributed by atoms with Gasteiger partial charge in [-0.05, 0) is 55.4 Å². The fourth-order valence-electron chi connectivity index (χ4n) is 4.29. The molecule has 98 valence electrons. The molecule has 2 bridgehead atoms. The van der Waals surface area contributed by atoms with Gasteiger partial charge in [0.25, 0.3) is 0 Å². The molecular weight excluding hydrogens is 240 g/mol. The number of fused-ring (bicyclic) bond motifs is 5. The lowest BCUT2D eigenvalue weighted by Crippen LogP contribution is -2.32. The molecule has 4 unspecified atom stereocenters. The van der Waals surface area contributed by atoms with Crippen LogP contribution in [-0.2, 0) is 9.59 Å². The second kappa shape index (κ2) is 3.59. The van der Waals surface area contributed by atoms with Gasteiger partial charge < -0.3 is 5.73 Å². The molecule has 4 nitrogen and oxygen atoms in total. The van der Waals surface area contributed by atoms with Gasteiger partial charge in [-0.2, -0.15) is 0 Å². The van der Waals surface area contributed by atoms with E-state index >= 15 is 0 Å². The zero-order valence-electron chi connectivity index (χ0n) is 10.6. The van der Waals surface area contributed by atoms with E-state index in [1.54, 1.807) is 24.3 Å². The van der Waals surface area contributed by atoms with Crippen LogP contribution in [0.3, 0.4) is 0 Å². The molecule has 1 saturated heterocycles. The Kier molecular flexibility index (Phi) is 2.08. The number of carbonyl (C=O) groups excluding carboxylic acids is 2. The third-order valence-corrected chi connectivity index (χ3v) is 5.08. The highest BCUT2D eigenvalue weighted by atomic mass is 16.2. The van der Waals surface area contributed by atoms with Crippen molar-refractivity contribution in [3.05, 3.63) is 24.3 Å². The smallest absolute Gasteiger partial charge is 0.237 e. The van der Waals surface area contributed by atoms with Crippen molar-refractivity contribution in [2.75, 3.05) is 10.6 Å². The molecule has 0 aromatic heterocycles. The molecule has 1 aromatic rings. The summed E-state index contributed by atoms with van der Waals surface area (Å²) in [5.74, 6) is 0.780. The number of nitrogen functional groups attached to an aromatic ring is 1. The van der Waals surface area contributed by atoms with Crippen LogP contribution in [0.1, 0.15) is 19.3 Å². The fraction of sp³-hybridized carbons (Fsp3) is 0.467. The van der Waals surface area contributed by atoms with Gasteiger partial charge in [0.05, 0.1) is 17.5 Å². The molecule has 4 heteroatoms. The maximum Gasteiger partial charge on any atom is 0.237 e. The summed E-state index contributed by atoms with van der Waals surface area (Å²) in [4.78, 5) is 26.5. The van der Waals surface area contributed by atoms with Gasteiger partial charge in [-0.15, -0.1) is 0 Å². The number of hydrogen-bond acceptors (Lipinski definition) is 3. The highest BCUT2D eigenvalue weighted by Crippen LogP contribution is 2.56. The summed E-state index contributed by atoms with van der Waals surface area (Å²) in [6, 6.07) is 6.99. The Morgan fingerprint density at radius 2 is 1.47 bits per heavy atom. The van der Waals surface area contributed by atoms with E-state index in [1.807, 2.05) is 0 Å². The minimum atomic E-state index is -0.0520. The Bertz CT molecular complexity index is 538. The number of carbonyl (C=O) groups is 2. The summed E-state index contributed by atoms with van der Waals surface area (Å²) in [6.45, 7) is 0. The highest BCUT2D eigenvalue weighted by molar-refractivity contribution is 6.22. The number of benzene rings is 1. The molecule has 3 aliphatic rings. The Balaban J connectivity index is 1.73. The van der Waals surface area contributed by atoms with E-state index in [9.17, 15) is 9.59 Å². The van der Waals surface area contributed by atoms with Crippen LogP contribution in [0.2, 0.25) is 0 Å². The quantitative estimate of drug-likeness (QED) is 0.615. The molecule has 1 aromatic carbocycles. The topological polar surface area (TPSA) is 63.4 Å². The van der Waals surface area contributed by atoms with E-state index < -0.39 is 0 Å². The van der Waals surface area contributed by atoms with Crippen molar-refractivity contribution in [3.8, 4) is 0 Å². The van der Waals surface area contributed by atoms with Crippen LogP contribution in [0.25, 0.3) is 0 Å². The van der Waals surface area contributed by atoms with E-state index in [2.05, 4.69) is 0 Å². The number of hydrogen-bond donors (Lipinski definition) is 1. The van der Waals surface area contributed by atoms with Gasteiger partial charge in [-0.1, -0.05) is 0 Å². The molecular formula is C15H16N2O2. The van der Waals surface area contributed by atoms with Crippen LogP contribution in [0.4, 0.5) is 11.4 Å². The lowest BCUT2D eigenvalue weighted by atomic mass is 9.81. The lowest BCUT2D eigenvalue weighted by molar-refractivity contribution is -0.123. The Hall–Kier alpha value is -1.84. The van der Waals surface area contributed by atoms with Gasteiger partial charge in [0, 0.05) is 5.69 Å². The first-order valence-corrected chi connectivity index (χ1v) is 6.90. The fourth-order valence-corrected chi connectivity index (χ4v) is 4.29. The number of imide groups is 1. The highest BCUT2D eigenvalue weighted by Gasteiger charge is 2.61. The lowest BCUT2D eigenvalue weighted by Gasteiger charge is -2.19. The van der Waals surface area contributed by atoms with E-state index in [0.29, 0.717) is 23.2 Å². The molecule has 2 saturated carbocycles. The molecule has 19 heavy (non-hydrogen) atoms. The average Bonchev–Trinajstić information content (AvgIpc) is 3.06. The van der Waals surface area contributed by atoms with E-state index in [0.717, 1.165) is 19.3 Å². The first-order valence-electron chi connectivity index (χ1n) is 6.90. The van der Waals surface area contributed by atoms with E-state index in [4.69, 9.17) is 5.73 Å². The summed E-state index contributed by atoms with van der Waals surface area (Å²) in [5.41, 5.74) is 6.96. The summed E-state index contributed by atoms with van der Waals surface area (Å²) >= 11 is 0. The van der Waals surface area contributed by atoms with E-state index in [1.165, 1.54) is 4.90 Å². The zero-order chi connectivity index (χ0) is 13.1. The van der Waals surface area contributed by atoms with Gasteiger partial charge in [0.2, 0.25) is 11.8 Å². The van der Waals surface area contributed by atoms with Crippen molar-refractivity contribution in [3.63, 3.8) is 0 Å². The van der Waals surface area contributed by atoms with Crippen LogP contribution in [0, 0.1) is 23.7 Å². The minimum absolute atomic E-state index is 0.00646. The molecule has 4 atom stereocenters. The second-order valence-electron chi connectivity index (χ2n) is 5.99. The van der Waals surface area contributed by atoms with Crippen LogP contribution in [0.5, 0.6) is 0 Å². The number of nitrogens with two attached hydrogens (primary N) is 1. The normalized spacial score (nSPS) is 36.1. The largest absolute Gasteiger partial charge is 0.399 e. The van der Waals surface area contributed by atoms with Crippen LogP contribution < -0.4 is 10.6 Å². The molecule has 1 aliphatic heterocycles. The zero-order valence-corrected chi connectivity index (χ0v) is 10.6. The Morgan fingerprint density at radius 1 is 0.947 bits per heavy atom. The molecule has 4 rings (SSSR count).